The number of nitrogens with zero attached hydrogens (tertiary/aromatic N) is 5. The van der Waals surface area contributed by atoms with E-state index in [2.05, 4.69) is 20.7 Å². The summed E-state index contributed by atoms with van der Waals surface area (Å²) in [6, 6.07) is 10.3. The van der Waals surface area contributed by atoms with Crippen molar-refractivity contribution in [1.29, 1.82) is 5.26 Å². The fourth-order valence-electron chi connectivity index (χ4n) is 6.52. The van der Waals surface area contributed by atoms with Gasteiger partial charge in [-0.25, -0.2) is 13.7 Å². The highest BCUT2D eigenvalue weighted by Crippen LogP contribution is 2.41. The highest BCUT2D eigenvalue weighted by molar-refractivity contribution is 7.98. The first-order valence-corrected chi connectivity index (χ1v) is 15.6. The molecule has 0 bridgehead atoms. The molecule has 2 unspecified atom stereocenters. The quantitative estimate of drug-likeness (QED) is 0.323. The molecule has 0 amide bonds. The number of ether oxygens (including phenoxy) is 2. The van der Waals surface area contributed by atoms with Gasteiger partial charge in [0.2, 0.25) is 0 Å². The molecule has 6 rings (SSSR count). The molecule has 3 aliphatic rings. The van der Waals surface area contributed by atoms with Gasteiger partial charge in [-0.2, -0.15) is 5.26 Å². The van der Waals surface area contributed by atoms with E-state index in [1.807, 2.05) is 18.3 Å². The molecule has 42 heavy (non-hydrogen) atoms. The molecule has 3 heterocycles. The summed E-state index contributed by atoms with van der Waals surface area (Å²) in [6.07, 6.45) is 9.88. The Morgan fingerprint density at radius 2 is 2.10 bits per heavy atom. The second-order valence-electron chi connectivity index (χ2n) is 11.7. The van der Waals surface area contributed by atoms with Crippen LogP contribution >= 0.6 is 12.1 Å². The van der Waals surface area contributed by atoms with E-state index in [-0.39, 0.29) is 34.3 Å². The van der Waals surface area contributed by atoms with Crippen LogP contribution in [0.1, 0.15) is 63.5 Å². The maximum absolute atomic E-state index is 14.9. The molecule has 1 N–H and O–H groups in total. The van der Waals surface area contributed by atoms with E-state index in [9.17, 15) is 14.4 Å². The fraction of sp³-hybridized carbons (Fsp3) is 0.516. The summed E-state index contributed by atoms with van der Waals surface area (Å²) in [5.41, 5.74) is 0.609. The number of hydrogen-bond donors (Lipinski definition) is 1. The number of aromatic nitrogens is 2. The van der Waals surface area contributed by atoms with E-state index in [1.54, 1.807) is 29.1 Å². The standard InChI is InChI=1S/C31H37FN6O3S/c1-3-36(2)42-35-28-12-10-26(32)29(25(28)17-33)41-23-9-11-27-24(15-23)30(39)38(20-34-27)22-16-31(40-18-22)13-14-37(19-31)21-7-5-4-6-8-21/h9-12,15,20-22,35H,3-8,13-14,16,18-19H2,1-2H3. The van der Waals surface area contributed by atoms with E-state index in [4.69, 9.17) is 9.47 Å². The molecule has 1 spiro atoms. The van der Waals surface area contributed by atoms with Gasteiger partial charge in [0.05, 0.1) is 41.2 Å². The predicted octanol–water partition coefficient (Wildman–Crippen LogP) is 5.86. The topological polar surface area (TPSA) is 95.7 Å². The van der Waals surface area contributed by atoms with Crippen molar-refractivity contribution in [3.05, 3.63) is 58.4 Å². The van der Waals surface area contributed by atoms with Crippen LogP contribution in [-0.2, 0) is 4.74 Å². The number of nitriles is 1. The largest absolute Gasteiger partial charge is 0.453 e. The SMILES string of the molecule is CCN(C)SNc1ccc(F)c(Oc2ccc3ncn(C4COC5(CCN(C6CCCCC6)C5)C4)c(=O)c3c2)c1C#N. The van der Waals surface area contributed by atoms with Gasteiger partial charge in [-0.05, 0) is 56.6 Å². The molecule has 11 heteroatoms. The Morgan fingerprint density at radius 1 is 1.26 bits per heavy atom. The predicted molar refractivity (Wildman–Crippen MR) is 162 cm³/mol. The third-order valence-electron chi connectivity index (χ3n) is 8.97. The third kappa shape index (κ3) is 5.73. The van der Waals surface area contributed by atoms with Crippen molar-refractivity contribution < 1.29 is 13.9 Å². The Labute approximate surface area is 249 Å². The Hall–Kier alpha value is -3.17. The lowest BCUT2D eigenvalue weighted by molar-refractivity contribution is 0.00657. The van der Waals surface area contributed by atoms with Gasteiger partial charge in [-0.15, -0.1) is 0 Å². The summed E-state index contributed by atoms with van der Waals surface area (Å²) in [5.74, 6) is -0.606. The Morgan fingerprint density at radius 3 is 2.88 bits per heavy atom. The molecule has 1 aliphatic carbocycles. The van der Waals surface area contributed by atoms with Gasteiger partial charge in [0.1, 0.15) is 17.4 Å². The second kappa shape index (κ2) is 12.2. The Balaban J connectivity index is 1.22. The van der Waals surface area contributed by atoms with Gasteiger partial charge in [0, 0.05) is 44.2 Å². The van der Waals surface area contributed by atoms with Gasteiger partial charge in [-0.1, -0.05) is 26.2 Å². The molecule has 2 atom stereocenters. The average molecular weight is 593 g/mol. The van der Waals surface area contributed by atoms with E-state index < -0.39 is 5.82 Å². The smallest absolute Gasteiger partial charge is 0.261 e. The summed E-state index contributed by atoms with van der Waals surface area (Å²) in [4.78, 5) is 20.9. The van der Waals surface area contributed by atoms with Gasteiger partial charge in [0.25, 0.3) is 5.56 Å². The summed E-state index contributed by atoms with van der Waals surface area (Å²) in [6.45, 7) is 5.23. The van der Waals surface area contributed by atoms with Crippen molar-refractivity contribution in [3.63, 3.8) is 0 Å². The van der Waals surface area contributed by atoms with Gasteiger partial charge in [-0.3, -0.25) is 14.3 Å². The first-order chi connectivity index (χ1) is 20.4. The minimum Gasteiger partial charge on any atom is -0.453 e. The van der Waals surface area contributed by atoms with E-state index in [0.29, 0.717) is 29.2 Å². The zero-order chi connectivity index (χ0) is 29.3. The van der Waals surface area contributed by atoms with Crippen molar-refractivity contribution in [1.82, 2.24) is 18.8 Å². The minimum atomic E-state index is -0.665. The van der Waals surface area contributed by atoms with Crippen LogP contribution in [0.25, 0.3) is 10.9 Å². The van der Waals surface area contributed by atoms with Crippen LogP contribution in [0.15, 0.2) is 41.5 Å². The number of halogens is 1. The van der Waals surface area contributed by atoms with Crippen LogP contribution in [0.3, 0.4) is 0 Å². The number of nitrogens with one attached hydrogen (secondary N) is 1. The van der Waals surface area contributed by atoms with Crippen LogP contribution in [-0.4, -0.2) is 63.7 Å². The normalized spacial score (nSPS) is 23.2. The summed E-state index contributed by atoms with van der Waals surface area (Å²) in [5, 5.41) is 10.2. The molecule has 1 aromatic heterocycles. The summed E-state index contributed by atoms with van der Waals surface area (Å²) < 4.78 is 33.9. The van der Waals surface area contributed by atoms with Crippen LogP contribution in [0, 0.1) is 17.1 Å². The van der Waals surface area contributed by atoms with Crippen molar-refractivity contribution in [3.8, 4) is 17.6 Å². The molecule has 3 aromatic rings. The number of fused-ring (bicyclic) bond motifs is 1. The van der Waals surface area contributed by atoms with Gasteiger partial charge >= 0.3 is 0 Å². The molecule has 0 radical (unpaired) electrons. The monoisotopic (exact) mass is 592 g/mol. The Kier molecular flexibility index (Phi) is 8.41. The average Bonchev–Trinajstić information content (AvgIpc) is 3.64. The van der Waals surface area contributed by atoms with E-state index in [0.717, 1.165) is 32.5 Å². The first kappa shape index (κ1) is 28.9. The van der Waals surface area contributed by atoms with Crippen molar-refractivity contribution in [2.75, 3.05) is 38.0 Å². The first-order valence-electron chi connectivity index (χ1n) is 14.8. The van der Waals surface area contributed by atoms with E-state index in [1.165, 1.54) is 56.4 Å². The molecular weight excluding hydrogens is 555 g/mol. The molecule has 3 fully saturated rings. The van der Waals surface area contributed by atoms with Gasteiger partial charge in [0.15, 0.2) is 11.6 Å². The zero-order valence-corrected chi connectivity index (χ0v) is 25.0. The van der Waals surface area contributed by atoms with Crippen LogP contribution in [0.4, 0.5) is 10.1 Å². The zero-order valence-electron chi connectivity index (χ0n) is 24.1. The third-order valence-corrected chi connectivity index (χ3v) is 9.85. The number of anilines is 1. The number of benzene rings is 2. The lowest BCUT2D eigenvalue weighted by Gasteiger charge is -2.32. The molecule has 1 saturated carbocycles. The van der Waals surface area contributed by atoms with Crippen molar-refractivity contribution in [2.45, 2.75) is 69.6 Å². The minimum absolute atomic E-state index is 0.0444. The highest BCUT2D eigenvalue weighted by atomic mass is 32.2. The van der Waals surface area contributed by atoms with E-state index >= 15 is 0 Å². The lowest BCUT2D eigenvalue weighted by atomic mass is 9.94. The second-order valence-corrected chi connectivity index (χ2v) is 12.7. The fourth-order valence-corrected chi connectivity index (χ4v) is 7.07. The molecule has 2 saturated heterocycles. The summed E-state index contributed by atoms with van der Waals surface area (Å²) >= 11 is 1.30. The molecule has 9 nitrogen and oxygen atoms in total. The highest BCUT2D eigenvalue weighted by Gasteiger charge is 2.47. The number of hydrogen-bond acceptors (Lipinski definition) is 9. The Bertz CT molecular complexity index is 1550. The lowest BCUT2D eigenvalue weighted by Crippen LogP contribution is -2.39. The molecule has 222 valence electrons. The molecule has 2 aromatic carbocycles. The van der Waals surface area contributed by atoms with Crippen molar-refractivity contribution in [2.24, 2.45) is 0 Å². The number of likely N-dealkylation sites (tertiary alicyclic amines) is 1. The molecular formula is C31H37FN6O3S. The maximum atomic E-state index is 14.9. The van der Waals surface area contributed by atoms with Crippen LogP contribution < -0.4 is 15.0 Å². The van der Waals surface area contributed by atoms with Gasteiger partial charge < -0.3 is 14.2 Å². The van der Waals surface area contributed by atoms with Crippen LogP contribution in [0.5, 0.6) is 11.5 Å². The van der Waals surface area contributed by atoms with Crippen molar-refractivity contribution >= 4 is 28.7 Å². The van der Waals surface area contributed by atoms with Crippen LogP contribution in [0.2, 0.25) is 0 Å². The number of rotatable bonds is 8. The summed E-state index contributed by atoms with van der Waals surface area (Å²) in [7, 11) is 1.90. The molecule has 2 aliphatic heterocycles. The maximum Gasteiger partial charge on any atom is 0.261 e.